The molecule has 2 heteroatoms. The van der Waals surface area contributed by atoms with Gasteiger partial charge in [-0.2, -0.15) is 0 Å². The largest absolute Gasteiger partial charge is 0.297 e. The highest BCUT2D eigenvalue weighted by molar-refractivity contribution is 6.17. The summed E-state index contributed by atoms with van der Waals surface area (Å²) in [5, 5.41) is 0. The molecule has 1 aliphatic heterocycles. The molecule has 1 atom stereocenters. The van der Waals surface area contributed by atoms with E-state index < -0.39 is 0 Å². The zero-order chi connectivity index (χ0) is 9.80. The lowest BCUT2D eigenvalue weighted by molar-refractivity contribution is 0.140. The van der Waals surface area contributed by atoms with Gasteiger partial charge in [0.2, 0.25) is 0 Å². The second-order valence-corrected chi connectivity index (χ2v) is 5.18. The number of hydrogen-bond acceptors (Lipinski definition) is 1. The van der Waals surface area contributed by atoms with Crippen LogP contribution in [0.4, 0.5) is 0 Å². The molecule has 2 fully saturated rings. The van der Waals surface area contributed by atoms with Crippen molar-refractivity contribution in [2.24, 2.45) is 0 Å². The minimum atomic E-state index is 0.815. The Hall–Kier alpha value is 0.250. The van der Waals surface area contributed by atoms with E-state index in [1.165, 1.54) is 57.9 Å². The van der Waals surface area contributed by atoms with Crippen molar-refractivity contribution in [3.63, 3.8) is 0 Å². The van der Waals surface area contributed by atoms with Crippen LogP contribution < -0.4 is 0 Å². The Morgan fingerprint density at radius 2 is 1.79 bits per heavy atom. The lowest BCUT2D eigenvalue weighted by Crippen LogP contribution is -2.40. The molecule has 2 rings (SSSR count). The first kappa shape index (κ1) is 10.8. The van der Waals surface area contributed by atoms with Gasteiger partial charge in [0, 0.05) is 18.0 Å². The maximum Gasteiger partial charge on any atom is 0.0238 e. The molecular formula is C12H22ClN. The minimum Gasteiger partial charge on any atom is -0.297 e. The quantitative estimate of drug-likeness (QED) is 0.653. The van der Waals surface area contributed by atoms with Crippen molar-refractivity contribution in [1.29, 1.82) is 0 Å². The van der Waals surface area contributed by atoms with Crippen molar-refractivity contribution in [1.82, 2.24) is 4.90 Å². The number of halogens is 1. The highest BCUT2D eigenvalue weighted by atomic mass is 35.5. The smallest absolute Gasteiger partial charge is 0.0238 e. The van der Waals surface area contributed by atoms with E-state index in [1.54, 1.807) is 0 Å². The lowest BCUT2D eigenvalue weighted by Gasteiger charge is -2.35. The molecule has 1 unspecified atom stereocenters. The summed E-state index contributed by atoms with van der Waals surface area (Å²) in [5.74, 6) is 0.841. The van der Waals surface area contributed by atoms with Crippen molar-refractivity contribution in [3.05, 3.63) is 0 Å². The summed E-state index contributed by atoms with van der Waals surface area (Å²) >= 11 is 5.86. The van der Waals surface area contributed by atoms with Crippen LogP contribution >= 0.6 is 11.6 Å². The lowest BCUT2D eigenvalue weighted by atomic mass is 9.93. The molecular weight excluding hydrogens is 194 g/mol. The second kappa shape index (κ2) is 5.37. The molecule has 0 bridgehead atoms. The van der Waals surface area contributed by atoms with Gasteiger partial charge in [0.1, 0.15) is 0 Å². The maximum absolute atomic E-state index is 5.86. The van der Waals surface area contributed by atoms with Gasteiger partial charge in [-0.1, -0.05) is 19.3 Å². The Labute approximate surface area is 92.8 Å². The molecule has 0 radical (unpaired) electrons. The van der Waals surface area contributed by atoms with E-state index in [0.29, 0.717) is 0 Å². The summed E-state index contributed by atoms with van der Waals surface area (Å²) < 4.78 is 0. The first-order chi connectivity index (χ1) is 6.92. The molecule has 1 saturated heterocycles. The van der Waals surface area contributed by atoms with E-state index in [-0.39, 0.29) is 0 Å². The first-order valence-electron chi connectivity index (χ1n) is 6.23. The first-order valence-corrected chi connectivity index (χ1v) is 6.77. The fourth-order valence-corrected chi connectivity index (χ4v) is 3.44. The SMILES string of the molecule is ClCCC1CCCN1C1CCCCC1. The number of rotatable bonds is 3. The molecule has 2 aliphatic rings. The Morgan fingerprint density at radius 1 is 1.00 bits per heavy atom. The van der Waals surface area contributed by atoms with Crippen LogP contribution in [0, 0.1) is 0 Å². The van der Waals surface area contributed by atoms with Crippen LogP contribution in [0.25, 0.3) is 0 Å². The molecule has 0 aromatic rings. The third-order valence-electron chi connectivity index (χ3n) is 3.91. The van der Waals surface area contributed by atoms with Gasteiger partial charge in [-0.05, 0) is 38.6 Å². The highest BCUT2D eigenvalue weighted by Crippen LogP contribution is 2.30. The molecule has 0 N–H and O–H groups in total. The number of nitrogens with zero attached hydrogens (tertiary/aromatic N) is 1. The molecule has 0 amide bonds. The molecule has 82 valence electrons. The molecule has 1 heterocycles. The Kier molecular flexibility index (Phi) is 4.12. The molecule has 0 aromatic heterocycles. The summed E-state index contributed by atoms with van der Waals surface area (Å²) in [6, 6.07) is 1.72. The maximum atomic E-state index is 5.86. The van der Waals surface area contributed by atoms with Gasteiger partial charge in [0.15, 0.2) is 0 Å². The standard InChI is InChI=1S/C12H22ClN/c13-9-8-12-7-4-10-14(12)11-5-2-1-3-6-11/h11-12H,1-10H2. The van der Waals surface area contributed by atoms with E-state index in [2.05, 4.69) is 4.90 Å². The van der Waals surface area contributed by atoms with Crippen LogP contribution in [0.2, 0.25) is 0 Å². The zero-order valence-electron chi connectivity index (χ0n) is 9.05. The van der Waals surface area contributed by atoms with Crippen molar-refractivity contribution >= 4 is 11.6 Å². The van der Waals surface area contributed by atoms with Crippen molar-refractivity contribution in [2.75, 3.05) is 12.4 Å². The summed E-state index contributed by atoms with van der Waals surface area (Å²) in [4.78, 5) is 2.77. The van der Waals surface area contributed by atoms with Crippen LogP contribution in [-0.2, 0) is 0 Å². The fraction of sp³-hybridized carbons (Fsp3) is 1.00. The van der Waals surface area contributed by atoms with E-state index in [1.807, 2.05) is 0 Å². The molecule has 14 heavy (non-hydrogen) atoms. The monoisotopic (exact) mass is 215 g/mol. The van der Waals surface area contributed by atoms with Gasteiger partial charge in [0.25, 0.3) is 0 Å². The van der Waals surface area contributed by atoms with Crippen LogP contribution in [0.3, 0.4) is 0 Å². The molecule has 0 aromatic carbocycles. The third kappa shape index (κ3) is 2.43. The summed E-state index contributed by atoms with van der Waals surface area (Å²) in [5.41, 5.74) is 0. The predicted molar refractivity (Wildman–Crippen MR) is 61.9 cm³/mol. The normalized spacial score (nSPS) is 31.1. The van der Waals surface area contributed by atoms with Gasteiger partial charge in [-0.15, -0.1) is 11.6 Å². The summed E-state index contributed by atoms with van der Waals surface area (Å²) in [7, 11) is 0. The van der Waals surface area contributed by atoms with Crippen molar-refractivity contribution in [2.45, 2.75) is 63.5 Å². The molecule has 1 saturated carbocycles. The second-order valence-electron chi connectivity index (χ2n) is 4.80. The van der Waals surface area contributed by atoms with Gasteiger partial charge < -0.3 is 0 Å². The van der Waals surface area contributed by atoms with E-state index in [4.69, 9.17) is 11.6 Å². The van der Waals surface area contributed by atoms with Gasteiger partial charge in [-0.3, -0.25) is 4.90 Å². The topological polar surface area (TPSA) is 3.24 Å². The Morgan fingerprint density at radius 3 is 2.50 bits per heavy atom. The highest BCUT2D eigenvalue weighted by Gasteiger charge is 2.30. The van der Waals surface area contributed by atoms with Crippen molar-refractivity contribution < 1.29 is 0 Å². The predicted octanol–water partition coefficient (Wildman–Crippen LogP) is 3.41. The summed E-state index contributed by atoms with van der Waals surface area (Å²) in [6.07, 6.45) is 11.3. The fourth-order valence-electron chi connectivity index (χ4n) is 3.19. The number of likely N-dealkylation sites (tertiary alicyclic amines) is 1. The Bertz CT molecular complexity index is 166. The van der Waals surface area contributed by atoms with Gasteiger partial charge >= 0.3 is 0 Å². The zero-order valence-corrected chi connectivity index (χ0v) is 9.81. The van der Waals surface area contributed by atoms with E-state index in [9.17, 15) is 0 Å². The van der Waals surface area contributed by atoms with Crippen LogP contribution in [0.5, 0.6) is 0 Å². The average Bonchev–Trinajstić information content (AvgIpc) is 2.68. The molecule has 1 aliphatic carbocycles. The molecule has 1 nitrogen and oxygen atoms in total. The van der Waals surface area contributed by atoms with Gasteiger partial charge in [0.05, 0.1) is 0 Å². The third-order valence-corrected chi connectivity index (χ3v) is 4.13. The Balaban J connectivity index is 1.87. The van der Waals surface area contributed by atoms with E-state index in [0.717, 1.165) is 18.0 Å². The minimum absolute atomic E-state index is 0.815. The molecule has 0 spiro atoms. The van der Waals surface area contributed by atoms with Crippen LogP contribution in [-0.4, -0.2) is 29.4 Å². The summed E-state index contributed by atoms with van der Waals surface area (Å²) in [6.45, 7) is 1.34. The number of alkyl halides is 1. The van der Waals surface area contributed by atoms with Crippen LogP contribution in [0.15, 0.2) is 0 Å². The van der Waals surface area contributed by atoms with E-state index >= 15 is 0 Å². The average molecular weight is 216 g/mol. The number of hydrogen-bond donors (Lipinski definition) is 0. The van der Waals surface area contributed by atoms with Crippen LogP contribution in [0.1, 0.15) is 51.4 Å². The van der Waals surface area contributed by atoms with Gasteiger partial charge in [-0.25, -0.2) is 0 Å². The van der Waals surface area contributed by atoms with Crippen molar-refractivity contribution in [3.8, 4) is 0 Å².